The molecule has 0 radical (unpaired) electrons. The van der Waals surface area contributed by atoms with Crippen LogP contribution in [0.2, 0.25) is 5.02 Å². The zero-order valence-electron chi connectivity index (χ0n) is 18.9. The average molecular weight is 492 g/mol. The van der Waals surface area contributed by atoms with Crippen LogP contribution >= 0.6 is 11.6 Å². The lowest BCUT2D eigenvalue weighted by Gasteiger charge is -2.14. The maximum atomic E-state index is 14.4. The normalized spacial score (nSPS) is 11.3. The number of likely N-dealkylation sites (N-methyl/N-ethyl adjacent to an activating group) is 1. The Bertz CT molecular complexity index is 1210. The number of carbonyl (C=O) groups excluding carboxylic acids is 1. The highest BCUT2D eigenvalue weighted by molar-refractivity contribution is 6.31. The Morgan fingerprint density at radius 3 is 2.74 bits per heavy atom. The molecule has 3 rings (SSSR count). The lowest BCUT2D eigenvalue weighted by atomic mass is 10.2. The van der Waals surface area contributed by atoms with E-state index in [1.807, 2.05) is 19.0 Å². The summed E-state index contributed by atoms with van der Waals surface area (Å²) in [6.07, 6.45) is 4.52. The van der Waals surface area contributed by atoms with Crippen LogP contribution in [-0.2, 0) is 4.79 Å². The summed E-state index contributed by atoms with van der Waals surface area (Å²) in [5, 5.41) is 5.44. The number of amides is 1. The van der Waals surface area contributed by atoms with E-state index >= 15 is 0 Å². The van der Waals surface area contributed by atoms with Gasteiger partial charge >= 0.3 is 0 Å². The number of hydrogen-bond acceptors (Lipinski definition) is 7. The molecule has 0 atom stereocenters. The second kappa shape index (κ2) is 11.6. The fourth-order valence-corrected chi connectivity index (χ4v) is 3.12. The molecule has 3 aromatic rings. The summed E-state index contributed by atoms with van der Waals surface area (Å²) >= 11 is 5.67. The lowest BCUT2D eigenvalue weighted by molar-refractivity contribution is -0.116. The van der Waals surface area contributed by atoms with Crippen molar-refractivity contribution < 1.29 is 23.0 Å². The van der Waals surface area contributed by atoms with E-state index in [9.17, 15) is 13.6 Å². The second-order valence-electron chi connectivity index (χ2n) is 7.39. The number of anilines is 2. The number of fused-ring (bicyclic) bond motifs is 1. The molecule has 0 fully saturated rings. The van der Waals surface area contributed by atoms with E-state index in [4.69, 9.17) is 21.1 Å². The monoisotopic (exact) mass is 491 g/mol. The highest BCUT2D eigenvalue weighted by Gasteiger charge is 2.16. The fourth-order valence-electron chi connectivity index (χ4n) is 2.95. The third kappa shape index (κ3) is 6.30. The van der Waals surface area contributed by atoms with Gasteiger partial charge in [0, 0.05) is 24.1 Å². The minimum absolute atomic E-state index is 0.0466. The van der Waals surface area contributed by atoms with Crippen LogP contribution in [0.1, 0.15) is 0 Å². The van der Waals surface area contributed by atoms with E-state index in [0.29, 0.717) is 28.9 Å². The van der Waals surface area contributed by atoms with Crippen molar-refractivity contribution in [1.82, 2.24) is 20.2 Å². The smallest absolute Gasteiger partial charge is 0.243 e. The number of hydrogen-bond donors (Lipinski definition) is 2. The van der Waals surface area contributed by atoms with Crippen LogP contribution in [0.4, 0.5) is 20.3 Å². The van der Waals surface area contributed by atoms with Gasteiger partial charge in [0.25, 0.3) is 0 Å². The number of ether oxygens (including phenoxy) is 2. The Morgan fingerprint density at radius 1 is 1.21 bits per heavy atom. The molecule has 1 amide bonds. The Kier molecular flexibility index (Phi) is 8.55. The molecular formula is C23H24ClF2N5O3. The number of aromatic nitrogens is 2. The lowest BCUT2D eigenvalue weighted by Crippen LogP contribution is -2.26. The summed E-state index contributed by atoms with van der Waals surface area (Å²) < 4.78 is 39.0. The van der Waals surface area contributed by atoms with Gasteiger partial charge in [-0.1, -0.05) is 17.7 Å². The molecular weight excluding hydrogens is 468 g/mol. The number of halogens is 3. The topological polar surface area (TPSA) is 88.6 Å². The number of methoxy groups -OCH3 is 1. The van der Waals surface area contributed by atoms with Crippen LogP contribution < -0.4 is 20.1 Å². The van der Waals surface area contributed by atoms with E-state index in [-0.39, 0.29) is 30.6 Å². The Labute approximate surface area is 200 Å². The van der Waals surface area contributed by atoms with Crippen LogP contribution in [0.15, 0.2) is 42.7 Å². The van der Waals surface area contributed by atoms with Gasteiger partial charge < -0.3 is 25.0 Å². The molecule has 0 spiro atoms. The minimum Gasteiger partial charge on any atom is -0.493 e. The van der Waals surface area contributed by atoms with Gasteiger partial charge in [0.1, 0.15) is 29.6 Å². The summed E-state index contributed by atoms with van der Waals surface area (Å²) in [5.74, 6) is -0.964. The van der Waals surface area contributed by atoms with Gasteiger partial charge in [-0.05, 0) is 32.3 Å². The first kappa shape index (κ1) is 25.1. The van der Waals surface area contributed by atoms with Crippen molar-refractivity contribution >= 4 is 39.9 Å². The largest absolute Gasteiger partial charge is 0.493 e. The van der Waals surface area contributed by atoms with E-state index in [1.54, 1.807) is 18.2 Å². The average Bonchev–Trinajstić information content (AvgIpc) is 2.81. The quantitative estimate of drug-likeness (QED) is 0.252. The molecule has 180 valence electrons. The number of benzene rings is 2. The van der Waals surface area contributed by atoms with Crippen molar-refractivity contribution in [2.24, 2.45) is 0 Å². The second-order valence-corrected chi connectivity index (χ2v) is 7.77. The molecule has 0 saturated carbocycles. The summed E-state index contributed by atoms with van der Waals surface area (Å²) in [5.41, 5.74) is 0.462. The van der Waals surface area contributed by atoms with Gasteiger partial charge in [0.15, 0.2) is 17.3 Å². The van der Waals surface area contributed by atoms with Crippen LogP contribution in [0.3, 0.4) is 0 Å². The van der Waals surface area contributed by atoms with Crippen LogP contribution in [0, 0.1) is 11.6 Å². The first-order valence-electron chi connectivity index (χ1n) is 10.2. The third-order valence-corrected chi connectivity index (χ3v) is 4.95. The Hall–Kier alpha value is -3.50. The van der Waals surface area contributed by atoms with Crippen molar-refractivity contribution in [2.45, 2.75) is 0 Å². The first-order valence-corrected chi connectivity index (χ1v) is 10.6. The molecule has 0 bridgehead atoms. The third-order valence-electron chi connectivity index (χ3n) is 4.61. The Balaban J connectivity index is 1.76. The minimum atomic E-state index is -0.936. The SMILES string of the molecule is COc1cc2ncnc(Nc3ccc(F)c(Cl)c3F)c2cc1OCCNC(=O)/C=C/CN(C)C. The molecule has 2 aromatic carbocycles. The number of carbonyl (C=O) groups is 1. The molecule has 0 saturated heterocycles. The van der Waals surface area contributed by atoms with E-state index in [0.717, 1.165) is 6.07 Å². The summed E-state index contributed by atoms with van der Waals surface area (Å²) in [7, 11) is 5.30. The van der Waals surface area contributed by atoms with Gasteiger partial charge in [0.2, 0.25) is 5.91 Å². The number of rotatable bonds is 10. The van der Waals surface area contributed by atoms with Crippen molar-refractivity contribution in [1.29, 1.82) is 0 Å². The standard InChI is InChI=1S/C23H24ClF2N5O3/c1-31(2)9-4-5-20(32)27-8-10-34-19-11-14-17(12-18(19)33-3)28-13-29-23(14)30-16-7-6-15(25)21(24)22(16)26/h4-7,11-13H,8-10H2,1-3H3,(H,27,32)(H,28,29,30)/b5-4+. The van der Waals surface area contributed by atoms with Crippen molar-refractivity contribution in [2.75, 3.05) is 46.2 Å². The van der Waals surface area contributed by atoms with Crippen LogP contribution in [0.5, 0.6) is 11.5 Å². The molecule has 11 heteroatoms. The van der Waals surface area contributed by atoms with Crippen molar-refractivity contribution in [3.63, 3.8) is 0 Å². The van der Waals surface area contributed by atoms with Gasteiger partial charge in [0.05, 0.1) is 24.9 Å². The van der Waals surface area contributed by atoms with Gasteiger partial charge in [-0.25, -0.2) is 18.7 Å². The molecule has 2 N–H and O–H groups in total. The van der Waals surface area contributed by atoms with Gasteiger partial charge in [-0.2, -0.15) is 0 Å². The first-order chi connectivity index (χ1) is 16.3. The molecule has 8 nitrogen and oxygen atoms in total. The highest BCUT2D eigenvalue weighted by Crippen LogP contribution is 2.35. The summed E-state index contributed by atoms with van der Waals surface area (Å²) in [6, 6.07) is 5.56. The van der Waals surface area contributed by atoms with Crippen LogP contribution in [0.25, 0.3) is 10.9 Å². The molecule has 1 aromatic heterocycles. The van der Waals surface area contributed by atoms with E-state index in [2.05, 4.69) is 20.6 Å². The molecule has 0 aliphatic rings. The van der Waals surface area contributed by atoms with Gasteiger partial charge in [-0.3, -0.25) is 4.79 Å². The molecule has 34 heavy (non-hydrogen) atoms. The zero-order valence-corrected chi connectivity index (χ0v) is 19.6. The summed E-state index contributed by atoms with van der Waals surface area (Å²) in [4.78, 5) is 22.2. The number of nitrogens with one attached hydrogen (secondary N) is 2. The van der Waals surface area contributed by atoms with Crippen LogP contribution in [-0.4, -0.2) is 61.7 Å². The zero-order chi connectivity index (χ0) is 24.7. The van der Waals surface area contributed by atoms with Crippen molar-refractivity contribution in [3.05, 3.63) is 59.4 Å². The molecule has 1 heterocycles. The van der Waals surface area contributed by atoms with E-state index < -0.39 is 16.7 Å². The Morgan fingerprint density at radius 2 is 2.00 bits per heavy atom. The maximum Gasteiger partial charge on any atom is 0.243 e. The fraction of sp³-hybridized carbons (Fsp3) is 0.261. The summed E-state index contributed by atoms with van der Waals surface area (Å²) in [6.45, 7) is 1.10. The molecule has 0 unspecified atom stereocenters. The maximum absolute atomic E-state index is 14.4. The van der Waals surface area contributed by atoms with Crippen molar-refractivity contribution in [3.8, 4) is 11.5 Å². The predicted octanol–water partition coefficient (Wildman–Crippen LogP) is 3.93. The van der Waals surface area contributed by atoms with Gasteiger partial charge in [-0.15, -0.1) is 0 Å². The molecule has 0 aliphatic carbocycles. The molecule has 0 aliphatic heterocycles. The van der Waals surface area contributed by atoms with E-state index in [1.165, 1.54) is 25.6 Å². The number of nitrogens with zero attached hydrogens (tertiary/aromatic N) is 3. The predicted molar refractivity (Wildman–Crippen MR) is 127 cm³/mol. The highest BCUT2D eigenvalue weighted by atomic mass is 35.5.